The fourth-order valence-corrected chi connectivity index (χ4v) is 1.99. The second-order valence-corrected chi connectivity index (χ2v) is 5.07. The van der Waals surface area contributed by atoms with E-state index in [1.807, 2.05) is 0 Å². The van der Waals surface area contributed by atoms with E-state index in [0.29, 0.717) is 12.1 Å². The molecule has 0 bridgehead atoms. The third-order valence-electron chi connectivity index (χ3n) is 1.89. The first kappa shape index (κ1) is 13.0. The molecule has 0 aliphatic rings. The van der Waals surface area contributed by atoms with Crippen LogP contribution in [0.2, 0.25) is 0 Å². The highest BCUT2D eigenvalue weighted by atomic mass is 32.2. The van der Waals surface area contributed by atoms with Crippen molar-refractivity contribution in [3.63, 3.8) is 0 Å². The van der Waals surface area contributed by atoms with Crippen LogP contribution in [-0.2, 0) is 16.4 Å². The summed E-state index contributed by atoms with van der Waals surface area (Å²) in [5.74, 6) is 0. The molecule has 0 aliphatic carbocycles. The number of benzene rings is 1. The van der Waals surface area contributed by atoms with Crippen LogP contribution in [0.4, 0.5) is 13.2 Å². The molecule has 1 aromatic carbocycles. The molecule has 0 heterocycles. The van der Waals surface area contributed by atoms with Crippen molar-refractivity contribution in [2.24, 2.45) is 0 Å². The van der Waals surface area contributed by atoms with Crippen molar-refractivity contribution in [3.8, 4) is 0 Å². The Morgan fingerprint density at radius 1 is 1.31 bits per heavy atom. The summed E-state index contributed by atoms with van der Waals surface area (Å²) in [5.41, 5.74) is -4.78. The molecule has 0 aromatic heterocycles. The summed E-state index contributed by atoms with van der Waals surface area (Å²) >= 11 is 0. The molecule has 0 fully saturated rings. The predicted molar refractivity (Wildman–Crippen MR) is 52.4 cm³/mol. The van der Waals surface area contributed by atoms with Crippen LogP contribution in [0.15, 0.2) is 29.2 Å². The van der Waals surface area contributed by atoms with Crippen molar-refractivity contribution >= 4 is 9.84 Å². The molecular weight excluding hydrogens is 243 g/mol. The highest BCUT2D eigenvalue weighted by molar-refractivity contribution is 7.92. The molecule has 0 atom stereocenters. The number of hydrogen-bond acceptors (Lipinski definition) is 3. The van der Waals surface area contributed by atoms with Gasteiger partial charge in [-0.25, -0.2) is 8.42 Å². The minimum Gasteiger partial charge on any atom is -0.316 e. The molecule has 0 radical (unpaired) electrons. The summed E-state index contributed by atoms with van der Waals surface area (Å²) in [5, 5.41) is 2.73. The third-order valence-corrected chi connectivity index (χ3v) is 3.38. The number of alkyl halides is 3. The van der Waals surface area contributed by atoms with Crippen LogP contribution in [0.25, 0.3) is 0 Å². The molecule has 3 nitrogen and oxygen atoms in total. The SMILES string of the molecule is CNCc1cccc(S(=O)(=O)C(F)(F)F)c1. The first-order valence-electron chi connectivity index (χ1n) is 4.34. The van der Waals surface area contributed by atoms with Crippen molar-refractivity contribution in [3.05, 3.63) is 29.8 Å². The Labute approximate surface area is 91.2 Å². The Balaban J connectivity index is 3.20. The summed E-state index contributed by atoms with van der Waals surface area (Å²) < 4.78 is 58.8. The second kappa shape index (κ2) is 4.42. The van der Waals surface area contributed by atoms with Crippen LogP contribution in [0, 0.1) is 0 Å². The highest BCUT2D eigenvalue weighted by Crippen LogP contribution is 2.30. The monoisotopic (exact) mass is 253 g/mol. The van der Waals surface area contributed by atoms with Crippen molar-refractivity contribution in [1.82, 2.24) is 5.32 Å². The molecule has 0 aliphatic heterocycles. The van der Waals surface area contributed by atoms with Crippen molar-refractivity contribution in [2.45, 2.75) is 16.9 Å². The Morgan fingerprint density at radius 2 is 1.94 bits per heavy atom. The summed E-state index contributed by atoms with van der Waals surface area (Å²) in [6, 6.07) is 4.78. The lowest BCUT2D eigenvalue weighted by Crippen LogP contribution is -2.23. The molecule has 0 amide bonds. The van der Waals surface area contributed by atoms with Gasteiger partial charge in [0.1, 0.15) is 0 Å². The number of hydrogen-bond donors (Lipinski definition) is 1. The average molecular weight is 253 g/mol. The van der Waals surface area contributed by atoms with Gasteiger partial charge in [0.25, 0.3) is 9.84 Å². The van der Waals surface area contributed by atoms with Gasteiger partial charge in [0.15, 0.2) is 0 Å². The lowest BCUT2D eigenvalue weighted by molar-refractivity contribution is -0.0436. The van der Waals surface area contributed by atoms with E-state index < -0.39 is 20.2 Å². The molecule has 1 rings (SSSR count). The van der Waals surface area contributed by atoms with Gasteiger partial charge in [-0.3, -0.25) is 0 Å². The van der Waals surface area contributed by atoms with Gasteiger partial charge in [0, 0.05) is 6.54 Å². The number of halogens is 3. The van der Waals surface area contributed by atoms with E-state index >= 15 is 0 Å². The van der Waals surface area contributed by atoms with Crippen LogP contribution in [0.1, 0.15) is 5.56 Å². The summed E-state index contributed by atoms with van der Waals surface area (Å²) in [4.78, 5) is -0.729. The molecule has 1 N–H and O–H groups in total. The van der Waals surface area contributed by atoms with Crippen molar-refractivity contribution in [1.29, 1.82) is 0 Å². The number of sulfone groups is 1. The lowest BCUT2D eigenvalue weighted by atomic mass is 10.2. The molecule has 0 saturated carbocycles. The Hall–Kier alpha value is -1.08. The van der Waals surface area contributed by atoms with Crippen LogP contribution in [0.5, 0.6) is 0 Å². The van der Waals surface area contributed by atoms with Crippen molar-refractivity contribution < 1.29 is 21.6 Å². The van der Waals surface area contributed by atoms with Gasteiger partial charge in [-0.2, -0.15) is 13.2 Å². The smallest absolute Gasteiger partial charge is 0.316 e. The zero-order valence-corrected chi connectivity index (χ0v) is 9.19. The van der Waals surface area contributed by atoms with Gasteiger partial charge in [-0.15, -0.1) is 0 Å². The van der Waals surface area contributed by atoms with Gasteiger partial charge in [0.05, 0.1) is 4.90 Å². The van der Waals surface area contributed by atoms with E-state index in [1.54, 1.807) is 13.1 Å². The van der Waals surface area contributed by atoms with Crippen LogP contribution in [0.3, 0.4) is 0 Å². The Morgan fingerprint density at radius 3 is 2.44 bits per heavy atom. The number of rotatable bonds is 3. The lowest BCUT2D eigenvalue weighted by Gasteiger charge is -2.09. The van der Waals surface area contributed by atoms with Gasteiger partial charge < -0.3 is 5.32 Å². The zero-order valence-electron chi connectivity index (χ0n) is 8.38. The van der Waals surface area contributed by atoms with E-state index in [4.69, 9.17) is 0 Å². The van der Waals surface area contributed by atoms with Crippen LogP contribution in [-0.4, -0.2) is 21.0 Å². The standard InChI is InChI=1S/C9H10F3NO2S/c1-13-6-7-3-2-4-8(5-7)16(14,15)9(10,11)12/h2-5,13H,6H2,1H3. The van der Waals surface area contributed by atoms with E-state index in [1.165, 1.54) is 6.07 Å². The van der Waals surface area contributed by atoms with E-state index in [2.05, 4.69) is 5.32 Å². The molecule has 0 spiro atoms. The fourth-order valence-electron chi connectivity index (χ4n) is 1.16. The third kappa shape index (κ3) is 2.53. The molecule has 90 valence electrons. The van der Waals surface area contributed by atoms with E-state index in [-0.39, 0.29) is 0 Å². The molecule has 0 unspecified atom stereocenters. The largest absolute Gasteiger partial charge is 0.501 e. The quantitative estimate of drug-likeness (QED) is 0.891. The summed E-state index contributed by atoms with van der Waals surface area (Å²) in [6.45, 7) is 0.307. The van der Waals surface area contributed by atoms with E-state index in [0.717, 1.165) is 12.1 Å². The normalized spacial score (nSPS) is 12.8. The summed E-state index contributed by atoms with van der Waals surface area (Å²) in [7, 11) is -3.63. The summed E-state index contributed by atoms with van der Waals surface area (Å²) in [6.07, 6.45) is 0. The maximum atomic E-state index is 12.2. The minimum absolute atomic E-state index is 0.307. The molecule has 0 saturated heterocycles. The highest BCUT2D eigenvalue weighted by Gasteiger charge is 2.46. The van der Waals surface area contributed by atoms with Gasteiger partial charge in [-0.05, 0) is 24.7 Å². The van der Waals surface area contributed by atoms with Gasteiger partial charge in [0.2, 0.25) is 0 Å². The molecular formula is C9H10F3NO2S. The molecule has 7 heteroatoms. The van der Waals surface area contributed by atoms with Crippen molar-refractivity contribution in [2.75, 3.05) is 7.05 Å². The van der Waals surface area contributed by atoms with Crippen LogP contribution >= 0.6 is 0 Å². The van der Waals surface area contributed by atoms with Gasteiger partial charge in [-0.1, -0.05) is 12.1 Å². The predicted octanol–water partition coefficient (Wildman–Crippen LogP) is 1.70. The Kier molecular flexibility index (Phi) is 3.59. The topological polar surface area (TPSA) is 46.2 Å². The molecule has 16 heavy (non-hydrogen) atoms. The average Bonchev–Trinajstić information content (AvgIpc) is 2.17. The Bertz CT molecular complexity index is 468. The first-order chi connectivity index (χ1) is 7.29. The minimum atomic E-state index is -5.26. The maximum Gasteiger partial charge on any atom is 0.501 e. The molecule has 1 aromatic rings. The van der Waals surface area contributed by atoms with E-state index in [9.17, 15) is 21.6 Å². The first-order valence-corrected chi connectivity index (χ1v) is 5.82. The zero-order chi connectivity index (χ0) is 12.4. The fraction of sp³-hybridized carbons (Fsp3) is 0.333. The maximum absolute atomic E-state index is 12.2. The second-order valence-electron chi connectivity index (χ2n) is 3.13. The van der Waals surface area contributed by atoms with Gasteiger partial charge >= 0.3 is 5.51 Å². The van der Waals surface area contributed by atoms with Crippen LogP contribution < -0.4 is 5.32 Å². The number of nitrogens with one attached hydrogen (secondary N) is 1.